The van der Waals surface area contributed by atoms with Crippen LogP contribution in [0.15, 0.2) is 24.8 Å². The van der Waals surface area contributed by atoms with Crippen LogP contribution in [0.1, 0.15) is 39.2 Å². The first-order valence-electron chi connectivity index (χ1n) is 11.5. The maximum Gasteiger partial charge on any atom is 0.197 e. The van der Waals surface area contributed by atoms with Gasteiger partial charge < -0.3 is 14.6 Å². The zero-order valence-corrected chi connectivity index (χ0v) is 19.8. The maximum absolute atomic E-state index is 16.1. The number of ether oxygens (including phenoxy) is 1. The van der Waals surface area contributed by atoms with E-state index in [-0.39, 0.29) is 17.8 Å². The highest BCUT2D eigenvalue weighted by Crippen LogP contribution is 2.40. The number of anilines is 1. The van der Waals surface area contributed by atoms with E-state index >= 15 is 4.39 Å². The highest BCUT2D eigenvalue weighted by atomic mass is 19.1. The molecular weight excluding hydrogens is 421 g/mol. The molecule has 0 amide bonds. The molecule has 1 fully saturated rings. The molecule has 1 N–H and O–H groups in total. The predicted octanol–water partition coefficient (Wildman–Crippen LogP) is 4.07. The molecule has 1 atom stereocenters. The number of nitrogens with zero attached hydrogens (tertiary/aromatic N) is 6. The summed E-state index contributed by atoms with van der Waals surface area (Å²) in [6.45, 7) is 12.0. The fourth-order valence-corrected chi connectivity index (χ4v) is 4.98. The molecular formula is C24H30FN7O. The molecule has 0 spiro atoms. The van der Waals surface area contributed by atoms with Gasteiger partial charge in [-0.25, -0.2) is 18.9 Å². The number of aromatic amines is 1. The number of methoxy groups -OCH3 is 1. The molecule has 1 saturated heterocycles. The second-order valence-corrected chi connectivity index (χ2v) is 9.01. The van der Waals surface area contributed by atoms with Gasteiger partial charge in [-0.3, -0.25) is 4.90 Å². The van der Waals surface area contributed by atoms with Crippen molar-refractivity contribution in [3.05, 3.63) is 36.2 Å². The Balaban J connectivity index is 1.67. The van der Waals surface area contributed by atoms with Crippen molar-refractivity contribution in [2.75, 3.05) is 38.2 Å². The van der Waals surface area contributed by atoms with Crippen molar-refractivity contribution in [3.8, 4) is 17.0 Å². The van der Waals surface area contributed by atoms with Gasteiger partial charge in [-0.05, 0) is 31.0 Å². The Morgan fingerprint density at radius 3 is 2.79 bits per heavy atom. The van der Waals surface area contributed by atoms with Gasteiger partial charge in [0.1, 0.15) is 6.33 Å². The Morgan fingerprint density at radius 2 is 2.09 bits per heavy atom. The Morgan fingerprint density at radius 1 is 1.27 bits per heavy atom. The predicted molar refractivity (Wildman–Crippen MR) is 128 cm³/mol. The molecule has 0 aliphatic carbocycles. The normalized spacial score (nSPS) is 17.5. The molecule has 4 aromatic heterocycles. The van der Waals surface area contributed by atoms with E-state index in [0.717, 1.165) is 43.0 Å². The summed E-state index contributed by atoms with van der Waals surface area (Å²) in [5.41, 5.74) is 3.95. The van der Waals surface area contributed by atoms with Crippen LogP contribution in [0.3, 0.4) is 0 Å². The lowest BCUT2D eigenvalue weighted by Gasteiger charge is -2.40. The third-order valence-corrected chi connectivity index (χ3v) is 6.66. The molecule has 5 rings (SSSR count). The fraction of sp³-hybridized carbons (Fsp3) is 0.458. The molecule has 0 saturated carbocycles. The third-order valence-electron chi connectivity index (χ3n) is 6.66. The molecule has 0 radical (unpaired) electrons. The Hall–Kier alpha value is -3.20. The molecule has 0 bridgehead atoms. The summed E-state index contributed by atoms with van der Waals surface area (Å²) in [6, 6.07) is 2.11. The van der Waals surface area contributed by atoms with E-state index in [2.05, 4.69) is 57.5 Å². The molecule has 0 unspecified atom stereocenters. The molecule has 9 heteroatoms. The number of aromatic nitrogens is 5. The van der Waals surface area contributed by atoms with Crippen LogP contribution < -0.4 is 9.64 Å². The first kappa shape index (κ1) is 21.6. The Bertz CT molecular complexity index is 1310. The van der Waals surface area contributed by atoms with Crippen molar-refractivity contribution < 1.29 is 9.13 Å². The van der Waals surface area contributed by atoms with Crippen LogP contribution in [0.5, 0.6) is 5.75 Å². The van der Waals surface area contributed by atoms with Gasteiger partial charge >= 0.3 is 0 Å². The van der Waals surface area contributed by atoms with Crippen molar-refractivity contribution in [1.82, 2.24) is 29.5 Å². The van der Waals surface area contributed by atoms with E-state index in [9.17, 15) is 0 Å². The smallest absolute Gasteiger partial charge is 0.197 e. The molecule has 4 aromatic rings. The van der Waals surface area contributed by atoms with Crippen LogP contribution in [-0.4, -0.2) is 68.8 Å². The van der Waals surface area contributed by atoms with Crippen LogP contribution in [0, 0.1) is 5.82 Å². The first-order chi connectivity index (χ1) is 15.9. The van der Waals surface area contributed by atoms with Crippen LogP contribution in [0.25, 0.3) is 27.8 Å². The number of rotatable bonds is 5. The van der Waals surface area contributed by atoms with Crippen LogP contribution >= 0.6 is 0 Å². The Kier molecular flexibility index (Phi) is 5.44. The standard InChI is InChI=1S/C24H30FN7O/c1-6-30-7-8-31(15(4)11-30)24-21(25)20-17(10-26-24)29-22(19(20)14(2)3)16-9-18(33-5)23-27-13-28-32(23)12-16/h9-10,12-15,29H,6-8,11H2,1-5H3/t15-/m1/s1. The summed E-state index contributed by atoms with van der Waals surface area (Å²) < 4.78 is 23.3. The molecule has 5 heterocycles. The summed E-state index contributed by atoms with van der Waals surface area (Å²) in [5.74, 6) is 0.873. The fourth-order valence-electron chi connectivity index (χ4n) is 4.98. The SMILES string of the molecule is CCN1CCN(c2ncc3[nH]c(-c4cc(OC)c5ncnn5c4)c(C(C)C)c3c2F)[C@H](C)C1. The zero-order valence-electron chi connectivity index (χ0n) is 19.8. The molecule has 174 valence electrons. The van der Waals surface area contributed by atoms with E-state index in [0.29, 0.717) is 28.1 Å². The monoisotopic (exact) mass is 451 g/mol. The number of hydrogen-bond acceptors (Lipinski definition) is 6. The summed E-state index contributed by atoms with van der Waals surface area (Å²) in [4.78, 5) is 16.7. The van der Waals surface area contributed by atoms with Crippen molar-refractivity contribution in [3.63, 3.8) is 0 Å². The quantitative estimate of drug-likeness (QED) is 0.493. The lowest BCUT2D eigenvalue weighted by atomic mass is 9.96. The van der Waals surface area contributed by atoms with Gasteiger partial charge in [0.15, 0.2) is 23.0 Å². The first-order valence-corrected chi connectivity index (χ1v) is 11.5. The van der Waals surface area contributed by atoms with Crippen molar-refractivity contribution >= 4 is 22.4 Å². The number of halogens is 1. The second-order valence-electron chi connectivity index (χ2n) is 9.01. The van der Waals surface area contributed by atoms with E-state index in [1.165, 1.54) is 6.33 Å². The summed E-state index contributed by atoms with van der Waals surface area (Å²) >= 11 is 0. The van der Waals surface area contributed by atoms with Crippen molar-refractivity contribution in [2.24, 2.45) is 0 Å². The number of fused-ring (bicyclic) bond motifs is 2. The van der Waals surface area contributed by atoms with E-state index in [1.807, 2.05) is 12.3 Å². The average Bonchev–Trinajstić information content (AvgIpc) is 3.44. The summed E-state index contributed by atoms with van der Waals surface area (Å²) in [5, 5.41) is 4.88. The van der Waals surface area contributed by atoms with Gasteiger partial charge in [0, 0.05) is 42.8 Å². The van der Waals surface area contributed by atoms with Gasteiger partial charge in [0.2, 0.25) is 0 Å². The lowest BCUT2D eigenvalue weighted by molar-refractivity contribution is 0.238. The minimum absolute atomic E-state index is 0.0882. The van der Waals surface area contributed by atoms with Crippen molar-refractivity contribution in [1.29, 1.82) is 0 Å². The third kappa shape index (κ3) is 3.51. The van der Waals surface area contributed by atoms with Crippen LogP contribution in [0.2, 0.25) is 0 Å². The number of piperazine rings is 1. The molecule has 1 aliphatic rings. The Labute approximate surface area is 192 Å². The summed E-state index contributed by atoms with van der Waals surface area (Å²) in [7, 11) is 1.61. The van der Waals surface area contributed by atoms with E-state index < -0.39 is 0 Å². The van der Waals surface area contributed by atoms with E-state index in [1.54, 1.807) is 17.8 Å². The van der Waals surface area contributed by atoms with Crippen molar-refractivity contribution in [2.45, 2.75) is 39.7 Å². The molecule has 1 aliphatic heterocycles. The number of nitrogens with one attached hydrogen (secondary N) is 1. The lowest BCUT2D eigenvalue weighted by Crippen LogP contribution is -2.52. The number of likely N-dealkylation sites (N-methyl/N-ethyl adjacent to an activating group) is 1. The molecule has 33 heavy (non-hydrogen) atoms. The van der Waals surface area contributed by atoms with Crippen LogP contribution in [-0.2, 0) is 0 Å². The second kappa shape index (κ2) is 8.30. The minimum Gasteiger partial charge on any atom is -0.493 e. The van der Waals surface area contributed by atoms with Crippen LogP contribution in [0.4, 0.5) is 10.2 Å². The van der Waals surface area contributed by atoms with Gasteiger partial charge in [0.25, 0.3) is 0 Å². The zero-order chi connectivity index (χ0) is 23.3. The van der Waals surface area contributed by atoms with Gasteiger partial charge in [-0.2, -0.15) is 5.10 Å². The number of pyridine rings is 2. The van der Waals surface area contributed by atoms with Gasteiger partial charge in [-0.15, -0.1) is 0 Å². The maximum atomic E-state index is 16.1. The van der Waals surface area contributed by atoms with E-state index in [4.69, 9.17) is 4.74 Å². The highest BCUT2D eigenvalue weighted by molar-refractivity contribution is 5.93. The van der Waals surface area contributed by atoms with Gasteiger partial charge in [-0.1, -0.05) is 20.8 Å². The molecule has 8 nitrogen and oxygen atoms in total. The highest BCUT2D eigenvalue weighted by Gasteiger charge is 2.29. The number of H-pyrrole nitrogens is 1. The molecule has 0 aromatic carbocycles. The number of hydrogen-bond donors (Lipinski definition) is 1. The topological polar surface area (TPSA) is 74.6 Å². The minimum atomic E-state index is -0.260. The van der Waals surface area contributed by atoms with Gasteiger partial charge in [0.05, 0.1) is 24.5 Å². The summed E-state index contributed by atoms with van der Waals surface area (Å²) in [6.07, 6.45) is 5.14. The largest absolute Gasteiger partial charge is 0.493 e. The average molecular weight is 452 g/mol.